The van der Waals surface area contributed by atoms with E-state index in [2.05, 4.69) is 15.0 Å². The van der Waals surface area contributed by atoms with E-state index in [1.165, 1.54) is 19.1 Å². The van der Waals surface area contributed by atoms with Crippen molar-refractivity contribution in [3.05, 3.63) is 70.4 Å². The molecule has 0 spiro atoms. The van der Waals surface area contributed by atoms with Crippen molar-refractivity contribution >= 4 is 5.69 Å². The molecule has 13 heteroatoms. The average Bonchev–Trinajstić information content (AvgIpc) is 2.84. The normalized spacial score (nSPS) is 17.5. The Morgan fingerprint density at radius 3 is 2.51 bits per heavy atom. The third-order valence-electron chi connectivity index (χ3n) is 5.35. The van der Waals surface area contributed by atoms with Crippen LogP contribution in [0.4, 0.5) is 18.9 Å². The summed E-state index contributed by atoms with van der Waals surface area (Å²) in [6.45, 7) is 4.15. The molecule has 10 nitrogen and oxygen atoms in total. The van der Waals surface area contributed by atoms with Crippen LogP contribution < -0.4 is 20.7 Å². The van der Waals surface area contributed by atoms with Crippen molar-refractivity contribution in [3.8, 4) is 5.75 Å². The fraction of sp³-hybridized carbons (Fsp3) is 0.500. The highest BCUT2D eigenvalue weighted by Crippen LogP contribution is 2.25. The summed E-state index contributed by atoms with van der Waals surface area (Å²) >= 11 is 0. The fourth-order valence-electron chi connectivity index (χ4n) is 3.41. The number of anilines is 1. The zero-order chi connectivity index (χ0) is 27.5. The van der Waals surface area contributed by atoms with E-state index in [0.29, 0.717) is 11.5 Å². The summed E-state index contributed by atoms with van der Waals surface area (Å²) in [6.07, 6.45) is 2.23. The fourth-order valence-corrected chi connectivity index (χ4v) is 3.41. The molecule has 0 saturated carbocycles. The summed E-state index contributed by atoms with van der Waals surface area (Å²) in [5.74, 6) is 0.493. The topological polar surface area (TPSA) is 132 Å². The van der Waals surface area contributed by atoms with Gasteiger partial charge in [-0.2, -0.15) is 0 Å². The van der Waals surface area contributed by atoms with Gasteiger partial charge < -0.3 is 34.9 Å². The average molecular weight is 531 g/mol. The maximum absolute atomic E-state index is 12.1. The SMILES string of the molecule is C/C=C(\C=C/COC(F)(F)F)OC1CCN(c2ccc(OCC(C)(O)CN/C=C(\N)[N+](=O)[O-])cc2)CC1. The van der Waals surface area contributed by atoms with E-state index in [1.54, 1.807) is 25.1 Å². The summed E-state index contributed by atoms with van der Waals surface area (Å²) in [4.78, 5) is 11.9. The molecule has 0 radical (unpaired) electrons. The highest BCUT2D eigenvalue weighted by Gasteiger charge is 2.28. The molecule has 1 fully saturated rings. The van der Waals surface area contributed by atoms with Gasteiger partial charge in [0.25, 0.3) is 0 Å². The van der Waals surface area contributed by atoms with Crippen LogP contribution in [0, 0.1) is 10.1 Å². The number of piperidine rings is 1. The van der Waals surface area contributed by atoms with Gasteiger partial charge in [-0.3, -0.25) is 10.5 Å². The summed E-state index contributed by atoms with van der Waals surface area (Å²) in [7, 11) is 0. The maximum atomic E-state index is 12.1. The number of nitrogens with zero attached hydrogens (tertiary/aromatic N) is 2. The molecule has 0 aliphatic carbocycles. The van der Waals surface area contributed by atoms with Crippen LogP contribution in [0.2, 0.25) is 0 Å². The van der Waals surface area contributed by atoms with Crippen LogP contribution in [-0.4, -0.2) is 60.9 Å². The second-order valence-electron chi connectivity index (χ2n) is 8.64. The van der Waals surface area contributed by atoms with E-state index in [0.717, 1.165) is 37.8 Å². The number of nitrogens with two attached hydrogens (primary N) is 1. The van der Waals surface area contributed by atoms with Crippen LogP contribution >= 0.6 is 0 Å². The van der Waals surface area contributed by atoms with Gasteiger partial charge in [0.15, 0.2) is 0 Å². The van der Waals surface area contributed by atoms with E-state index >= 15 is 0 Å². The number of hydrogen-bond acceptors (Lipinski definition) is 9. The van der Waals surface area contributed by atoms with Crippen molar-refractivity contribution < 1.29 is 37.4 Å². The largest absolute Gasteiger partial charge is 0.522 e. The first-order valence-corrected chi connectivity index (χ1v) is 11.6. The van der Waals surface area contributed by atoms with Gasteiger partial charge in [-0.1, -0.05) is 6.08 Å². The molecule has 1 saturated heterocycles. The molecular formula is C24H33F3N4O6. The number of benzene rings is 1. The lowest BCUT2D eigenvalue weighted by molar-refractivity contribution is -0.427. The predicted molar refractivity (Wildman–Crippen MR) is 131 cm³/mol. The number of nitro groups is 1. The first-order chi connectivity index (χ1) is 17.4. The van der Waals surface area contributed by atoms with Gasteiger partial charge in [0.1, 0.15) is 29.8 Å². The third-order valence-corrected chi connectivity index (χ3v) is 5.35. The van der Waals surface area contributed by atoms with Gasteiger partial charge in [-0.25, -0.2) is 0 Å². The summed E-state index contributed by atoms with van der Waals surface area (Å²) < 4.78 is 51.4. The smallest absolute Gasteiger partial charge is 0.491 e. The molecule has 4 N–H and O–H groups in total. The molecule has 2 rings (SSSR count). The van der Waals surface area contributed by atoms with E-state index in [-0.39, 0.29) is 19.3 Å². The third kappa shape index (κ3) is 11.4. The Hall–Kier alpha value is -3.45. The molecule has 0 bridgehead atoms. The molecular weight excluding hydrogens is 497 g/mol. The molecule has 0 aromatic heterocycles. The van der Waals surface area contributed by atoms with Crippen molar-refractivity contribution in [2.75, 3.05) is 37.7 Å². The van der Waals surface area contributed by atoms with E-state index < -0.39 is 29.3 Å². The minimum Gasteiger partial charge on any atom is -0.491 e. The van der Waals surface area contributed by atoms with Crippen LogP contribution in [-0.2, 0) is 9.47 Å². The molecule has 0 amide bonds. The quantitative estimate of drug-likeness (QED) is 0.152. The monoisotopic (exact) mass is 530 g/mol. The molecule has 1 unspecified atom stereocenters. The lowest BCUT2D eigenvalue weighted by Crippen LogP contribution is -2.41. The molecule has 1 heterocycles. The van der Waals surface area contributed by atoms with Gasteiger partial charge in [0, 0.05) is 38.2 Å². The number of allylic oxidation sites excluding steroid dienone is 2. The molecule has 37 heavy (non-hydrogen) atoms. The minimum absolute atomic E-state index is 0.00268. The van der Waals surface area contributed by atoms with Crippen molar-refractivity contribution in [1.29, 1.82) is 0 Å². The zero-order valence-electron chi connectivity index (χ0n) is 20.7. The van der Waals surface area contributed by atoms with Crippen LogP contribution in [0.3, 0.4) is 0 Å². The van der Waals surface area contributed by atoms with Crippen molar-refractivity contribution in [3.63, 3.8) is 0 Å². The highest BCUT2D eigenvalue weighted by atomic mass is 19.4. The number of rotatable bonds is 13. The van der Waals surface area contributed by atoms with E-state index in [9.17, 15) is 28.4 Å². The molecule has 1 aliphatic heterocycles. The minimum atomic E-state index is -4.66. The Morgan fingerprint density at radius 2 is 1.95 bits per heavy atom. The van der Waals surface area contributed by atoms with Crippen LogP contribution in [0.5, 0.6) is 5.75 Å². The van der Waals surface area contributed by atoms with Crippen LogP contribution in [0.1, 0.15) is 26.7 Å². The van der Waals surface area contributed by atoms with Crippen molar-refractivity contribution in [2.45, 2.75) is 44.8 Å². The van der Waals surface area contributed by atoms with Crippen molar-refractivity contribution in [2.24, 2.45) is 5.73 Å². The van der Waals surface area contributed by atoms with E-state index in [1.807, 2.05) is 12.1 Å². The predicted octanol–water partition coefficient (Wildman–Crippen LogP) is 3.42. The number of nitrogens with one attached hydrogen (secondary N) is 1. The zero-order valence-corrected chi connectivity index (χ0v) is 20.7. The lowest BCUT2D eigenvalue weighted by atomic mass is 10.1. The summed E-state index contributed by atoms with van der Waals surface area (Å²) in [5.41, 5.74) is 4.89. The number of ether oxygens (including phenoxy) is 3. The Labute approximate surface area is 213 Å². The standard InChI is InChI=1S/C24H33F3N4O6/c1-3-19(5-4-14-36-24(25,26)27)37-21-10-12-30(13-11-21)18-6-8-20(9-7-18)35-17-23(2,32)16-29-15-22(28)31(33)34/h3-9,15,21,29,32H,10-14,16-17,28H2,1-2H3/b5-4-,19-3+,22-15+. The van der Waals surface area contributed by atoms with Gasteiger partial charge in [-0.15, -0.1) is 13.2 Å². The lowest BCUT2D eigenvalue weighted by Gasteiger charge is -2.34. The Morgan fingerprint density at radius 1 is 1.30 bits per heavy atom. The van der Waals surface area contributed by atoms with E-state index in [4.69, 9.17) is 15.2 Å². The Bertz CT molecular complexity index is 956. The Balaban J connectivity index is 1.77. The van der Waals surface area contributed by atoms with Gasteiger partial charge in [0.05, 0.1) is 12.8 Å². The summed E-state index contributed by atoms with van der Waals surface area (Å²) in [6, 6.07) is 7.39. The number of halogens is 3. The molecule has 1 aromatic rings. The maximum Gasteiger partial charge on any atom is 0.522 e. The Kier molecular flexibility index (Phi) is 11.1. The summed E-state index contributed by atoms with van der Waals surface area (Å²) in [5, 5.41) is 23.5. The van der Waals surface area contributed by atoms with Gasteiger partial charge >= 0.3 is 12.2 Å². The second kappa shape index (κ2) is 13.7. The molecule has 1 aliphatic rings. The first kappa shape index (κ1) is 29.8. The van der Waals surface area contributed by atoms with Gasteiger partial charge in [0.2, 0.25) is 0 Å². The number of hydrogen-bond donors (Lipinski definition) is 3. The van der Waals surface area contributed by atoms with Gasteiger partial charge in [-0.05, 0) is 55.2 Å². The second-order valence-corrected chi connectivity index (χ2v) is 8.64. The van der Waals surface area contributed by atoms with Crippen LogP contribution in [0.25, 0.3) is 0 Å². The highest BCUT2D eigenvalue weighted by molar-refractivity contribution is 5.49. The molecule has 206 valence electrons. The first-order valence-electron chi connectivity index (χ1n) is 11.6. The molecule has 1 aromatic carbocycles. The molecule has 1 atom stereocenters. The van der Waals surface area contributed by atoms with Crippen molar-refractivity contribution in [1.82, 2.24) is 5.32 Å². The van der Waals surface area contributed by atoms with Crippen LogP contribution in [0.15, 0.2) is 60.3 Å². The number of alkyl halides is 3. The number of aliphatic hydroxyl groups is 1.